The van der Waals surface area contributed by atoms with Crippen LogP contribution in [0.15, 0.2) is 35.8 Å². The van der Waals surface area contributed by atoms with Crippen molar-refractivity contribution in [3.8, 4) is 0 Å². The van der Waals surface area contributed by atoms with E-state index >= 15 is 0 Å². The summed E-state index contributed by atoms with van der Waals surface area (Å²) in [7, 11) is 1.87. The molecule has 0 radical (unpaired) electrons. The summed E-state index contributed by atoms with van der Waals surface area (Å²) in [5.41, 5.74) is 1.18. The molecule has 2 aromatic rings. The SMILES string of the molecule is CNc1cc([C@@H]2CCCN2C(=O)CCc2cccs2)ccn1. The first-order valence-electron chi connectivity index (χ1n) is 7.73. The summed E-state index contributed by atoms with van der Waals surface area (Å²) >= 11 is 1.72. The summed E-state index contributed by atoms with van der Waals surface area (Å²) in [6, 6.07) is 8.41. The van der Waals surface area contributed by atoms with Crippen molar-refractivity contribution in [1.82, 2.24) is 9.88 Å². The van der Waals surface area contributed by atoms with E-state index in [1.165, 1.54) is 10.4 Å². The van der Waals surface area contributed by atoms with Crippen LogP contribution in [0.5, 0.6) is 0 Å². The summed E-state index contributed by atoms with van der Waals surface area (Å²) < 4.78 is 0. The Kier molecular flexibility index (Phi) is 4.73. The zero-order chi connectivity index (χ0) is 15.4. The third-order valence-electron chi connectivity index (χ3n) is 4.16. The number of hydrogen-bond acceptors (Lipinski definition) is 4. The van der Waals surface area contributed by atoms with Gasteiger partial charge in [-0.25, -0.2) is 4.98 Å². The molecule has 1 aliphatic heterocycles. The zero-order valence-electron chi connectivity index (χ0n) is 12.8. The number of carbonyl (C=O) groups is 1. The number of likely N-dealkylation sites (tertiary alicyclic amines) is 1. The molecule has 0 bridgehead atoms. The van der Waals surface area contributed by atoms with Crippen LogP contribution in [-0.4, -0.2) is 29.4 Å². The molecule has 0 spiro atoms. The largest absolute Gasteiger partial charge is 0.373 e. The molecular formula is C17H21N3OS. The number of thiophene rings is 1. The predicted molar refractivity (Wildman–Crippen MR) is 90.1 cm³/mol. The van der Waals surface area contributed by atoms with Crippen LogP contribution >= 0.6 is 11.3 Å². The molecule has 22 heavy (non-hydrogen) atoms. The fourth-order valence-electron chi connectivity index (χ4n) is 3.03. The molecule has 1 atom stereocenters. The quantitative estimate of drug-likeness (QED) is 0.919. The topological polar surface area (TPSA) is 45.2 Å². The van der Waals surface area contributed by atoms with Crippen molar-refractivity contribution < 1.29 is 4.79 Å². The highest BCUT2D eigenvalue weighted by atomic mass is 32.1. The van der Waals surface area contributed by atoms with Crippen molar-refractivity contribution in [1.29, 1.82) is 0 Å². The Labute approximate surface area is 135 Å². The Morgan fingerprint density at radius 2 is 2.41 bits per heavy atom. The maximum atomic E-state index is 12.6. The van der Waals surface area contributed by atoms with Gasteiger partial charge >= 0.3 is 0 Å². The number of hydrogen-bond donors (Lipinski definition) is 1. The van der Waals surface area contributed by atoms with Crippen molar-refractivity contribution in [3.63, 3.8) is 0 Å². The van der Waals surface area contributed by atoms with Gasteiger partial charge in [0.1, 0.15) is 5.82 Å². The Morgan fingerprint density at radius 1 is 1.50 bits per heavy atom. The van der Waals surface area contributed by atoms with Crippen molar-refractivity contribution in [2.24, 2.45) is 0 Å². The lowest BCUT2D eigenvalue weighted by atomic mass is 10.1. The molecule has 3 rings (SSSR count). The summed E-state index contributed by atoms with van der Waals surface area (Å²) in [5, 5.41) is 5.13. The number of nitrogens with zero attached hydrogens (tertiary/aromatic N) is 2. The molecule has 2 aromatic heterocycles. The molecule has 0 saturated carbocycles. The third-order valence-corrected chi connectivity index (χ3v) is 5.10. The van der Waals surface area contributed by atoms with E-state index in [0.29, 0.717) is 6.42 Å². The van der Waals surface area contributed by atoms with Crippen LogP contribution < -0.4 is 5.32 Å². The average molecular weight is 315 g/mol. The molecule has 1 amide bonds. The monoisotopic (exact) mass is 315 g/mol. The fraction of sp³-hybridized carbons (Fsp3) is 0.412. The summed E-state index contributed by atoms with van der Waals surface area (Å²) in [5.74, 6) is 1.12. The molecule has 3 heterocycles. The fourth-order valence-corrected chi connectivity index (χ4v) is 3.74. The predicted octanol–water partition coefficient (Wildman–Crippen LogP) is 3.48. The van der Waals surface area contributed by atoms with Gasteiger partial charge in [0.25, 0.3) is 0 Å². The first-order valence-corrected chi connectivity index (χ1v) is 8.61. The summed E-state index contributed by atoms with van der Waals surface area (Å²) in [6.07, 6.45) is 5.37. The Bertz CT molecular complexity index is 627. The van der Waals surface area contributed by atoms with Crippen molar-refractivity contribution in [3.05, 3.63) is 46.3 Å². The lowest BCUT2D eigenvalue weighted by Gasteiger charge is -2.25. The lowest BCUT2D eigenvalue weighted by Crippen LogP contribution is -2.30. The second-order valence-corrected chi connectivity index (χ2v) is 6.58. The van der Waals surface area contributed by atoms with Crippen LogP contribution in [-0.2, 0) is 11.2 Å². The molecule has 5 heteroatoms. The second-order valence-electron chi connectivity index (χ2n) is 5.55. The second kappa shape index (κ2) is 6.92. The molecule has 1 saturated heterocycles. The van der Waals surface area contributed by atoms with E-state index in [1.807, 2.05) is 30.3 Å². The van der Waals surface area contributed by atoms with E-state index in [9.17, 15) is 4.79 Å². The highest BCUT2D eigenvalue weighted by molar-refractivity contribution is 7.09. The molecule has 1 N–H and O–H groups in total. The van der Waals surface area contributed by atoms with Crippen molar-refractivity contribution >= 4 is 23.1 Å². The number of aromatic nitrogens is 1. The lowest BCUT2D eigenvalue weighted by molar-refractivity contribution is -0.132. The highest BCUT2D eigenvalue weighted by Crippen LogP contribution is 2.33. The van der Waals surface area contributed by atoms with Gasteiger partial charge in [-0.2, -0.15) is 0 Å². The van der Waals surface area contributed by atoms with E-state index in [4.69, 9.17) is 0 Å². The van der Waals surface area contributed by atoms with Gasteiger partial charge < -0.3 is 10.2 Å². The standard InChI is InChI=1S/C17H21N3OS/c1-18-16-12-13(8-9-19-16)15-5-2-10-20(15)17(21)7-6-14-4-3-11-22-14/h3-4,8-9,11-12,15H,2,5-7,10H2,1H3,(H,18,19)/t15-/m0/s1. The maximum absolute atomic E-state index is 12.6. The zero-order valence-corrected chi connectivity index (χ0v) is 13.6. The number of aryl methyl sites for hydroxylation is 1. The number of carbonyl (C=O) groups excluding carboxylic acids is 1. The molecule has 1 fully saturated rings. The molecule has 0 aromatic carbocycles. The number of nitrogens with one attached hydrogen (secondary N) is 1. The Morgan fingerprint density at radius 3 is 3.18 bits per heavy atom. The van der Waals surface area contributed by atoms with Crippen LogP contribution in [0.2, 0.25) is 0 Å². The van der Waals surface area contributed by atoms with E-state index in [0.717, 1.165) is 31.6 Å². The molecule has 4 nitrogen and oxygen atoms in total. The summed E-state index contributed by atoms with van der Waals surface area (Å²) in [6.45, 7) is 0.866. The number of rotatable bonds is 5. The Hall–Kier alpha value is -1.88. The normalized spacial score (nSPS) is 17.7. The Balaban J connectivity index is 1.68. The minimum absolute atomic E-state index is 0.200. The average Bonchev–Trinajstić information content (AvgIpc) is 3.24. The van der Waals surface area contributed by atoms with Crippen LogP contribution in [0.25, 0.3) is 0 Å². The smallest absolute Gasteiger partial charge is 0.223 e. The highest BCUT2D eigenvalue weighted by Gasteiger charge is 2.29. The van der Waals surface area contributed by atoms with Gasteiger partial charge in [0, 0.05) is 31.1 Å². The molecule has 0 aliphatic carbocycles. The van der Waals surface area contributed by atoms with Gasteiger partial charge in [-0.15, -0.1) is 11.3 Å². The maximum Gasteiger partial charge on any atom is 0.223 e. The molecule has 1 aliphatic rings. The minimum Gasteiger partial charge on any atom is -0.373 e. The van der Waals surface area contributed by atoms with Crippen molar-refractivity contribution in [2.75, 3.05) is 18.9 Å². The first-order chi connectivity index (χ1) is 10.8. The van der Waals surface area contributed by atoms with Gasteiger partial charge in [-0.05, 0) is 48.4 Å². The van der Waals surface area contributed by atoms with Crippen LogP contribution in [0.3, 0.4) is 0 Å². The molecule has 116 valence electrons. The molecule has 0 unspecified atom stereocenters. The van der Waals surface area contributed by atoms with Gasteiger partial charge in [0.05, 0.1) is 6.04 Å². The first kappa shape index (κ1) is 15.0. The third kappa shape index (κ3) is 3.30. The number of amides is 1. The van der Waals surface area contributed by atoms with Crippen LogP contribution in [0.1, 0.15) is 35.7 Å². The molecular weight excluding hydrogens is 294 g/mol. The number of pyridine rings is 1. The van der Waals surface area contributed by atoms with E-state index in [-0.39, 0.29) is 11.9 Å². The minimum atomic E-state index is 0.200. The van der Waals surface area contributed by atoms with E-state index in [2.05, 4.69) is 27.8 Å². The van der Waals surface area contributed by atoms with Crippen molar-refractivity contribution in [2.45, 2.75) is 31.7 Å². The van der Waals surface area contributed by atoms with Crippen LogP contribution in [0.4, 0.5) is 5.82 Å². The summed E-state index contributed by atoms with van der Waals surface area (Å²) in [4.78, 5) is 20.2. The van der Waals surface area contributed by atoms with E-state index < -0.39 is 0 Å². The van der Waals surface area contributed by atoms with Gasteiger partial charge in [-0.3, -0.25) is 4.79 Å². The van der Waals surface area contributed by atoms with Gasteiger partial charge in [-0.1, -0.05) is 6.07 Å². The van der Waals surface area contributed by atoms with Gasteiger partial charge in [0.15, 0.2) is 0 Å². The van der Waals surface area contributed by atoms with Crippen LogP contribution in [0, 0.1) is 0 Å². The van der Waals surface area contributed by atoms with Gasteiger partial charge in [0.2, 0.25) is 5.91 Å². The van der Waals surface area contributed by atoms with E-state index in [1.54, 1.807) is 11.3 Å². The number of anilines is 1.